The summed E-state index contributed by atoms with van der Waals surface area (Å²) in [4.78, 5) is 31.5. The minimum absolute atomic E-state index is 0.170. The number of hydrogen-bond donors (Lipinski definition) is 0. The molecule has 2 amide bonds. The van der Waals surface area contributed by atoms with Crippen LogP contribution in [0.3, 0.4) is 0 Å². The van der Waals surface area contributed by atoms with Gasteiger partial charge in [-0.3, -0.25) is 0 Å². The van der Waals surface area contributed by atoms with Crippen LogP contribution in [-0.2, 0) is 9.59 Å². The number of likely N-dealkylation sites (N-methyl/N-ethyl adjacent to an activating group) is 2. The van der Waals surface area contributed by atoms with Crippen molar-refractivity contribution in [3.8, 4) is 0 Å². The molecule has 0 aliphatic carbocycles. The van der Waals surface area contributed by atoms with E-state index in [1.165, 1.54) is 28.4 Å². The molecule has 0 bridgehead atoms. The van der Waals surface area contributed by atoms with Crippen molar-refractivity contribution in [1.82, 2.24) is 9.80 Å². The van der Waals surface area contributed by atoms with Crippen molar-refractivity contribution in [2.24, 2.45) is 0 Å². The molecule has 2 aliphatic rings. The Morgan fingerprint density at radius 3 is 1.97 bits per heavy atom. The zero-order valence-electron chi connectivity index (χ0n) is 16.7. The molecular weight excluding hydrogens is 589 g/mol. The quantitative estimate of drug-likeness (QED) is 0.199. The predicted molar refractivity (Wildman–Crippen MR) is 128 cm³/mol. The Morgan fingerprint density at radius 2 is 1.39 bits per heavy atom. The molecule has 1 saturated heterocycles. The zero-order valence-corrected chi connectivity index (χ0v) is 21.6. The van der Waals surface area contributed by atoms with Crippen molar-refractivity contribution < 1.29 is 9.59 Å². The van der Waals surface area contributed by atoms with Crippen LogP contribution in [0, 0.1) is 0 Å². The monoisotopic (exact) mass is 609 g/mol. The Balaban J connectivity index is 1.57. The maximum atomic E-state index is 12.7. The fourth-order valence-corrected chi connectivity index (χ4v) is 7.95. The third kappa shape index (κ3) is 3.49. The van der Waals surface area contributed by atoms with Crippen LogP contribution in [-0.4, -0.2) is 76.9 Å². The number of fused-ring (bicyclic) bond motifs is 2. The number of thiophene rings is 1. The third-order valence-corrected chi connectivity index (χ3v) is 10.6. The molecule has 5 rings (SSSR count). The number of hydrogen-bond acceptors (Lipinski definition) is 4. The third-order valence-electron chi connectivity index (χ3n) is 5.20. The first-order valence-corrected chi connectivity index (χ1v) is 13.5. The van der Waals surface area contributed by atoms with E-state index >= 15 is 0 Å². The average molecular weight is 606 g/mol. The van der Waals surface area contributed by atoms with Gasteiger partial charge in [0.15, 0.2) is 0 Å². The van der Waals surface area contributed by atoms with E-state index in [2.05, 4.69) is 75.1 Å². The number of carbonyl (C=O) groups is 2. The Hall–Kier alpha value is -2.20. The summed E-state index contributed by atoms with van der Waals surface area (Å²) in [6.07, 6.45) is 1.70. The summed E-state index contributed by atoms with van der Waals surface area (Å²) in [5.74, 6) is -0.600. The molecule has 8 heteroatoms. The molecule has 0 atom stereocenters. The molecule has 0 saturated carbocycles. The SMILES string of the molecule is CN1C(=O)C(=Cc2ccc(N3c4ccccc4[Te]c4ccccc43)s2)C(=O)N(C)C1=[Se]. The Bertz CT molecular complexity index is 1210. The van der Waals surface area contributed by atoms with E-state index in [9.17, 15) is 9.59 Å². The van der Waals surface area contributed by atoms with Gasteiger partial charge in [-0.1, -0.05) is 0 Å². The number of benzene rings is 2. The summed E-state index contributed by atoms with van der Waals surface area (Å²) in [5.41, 5.74) is 2.60. The summed E-state index contributed by atoms with van der Waals surface area (Å²) in [5, 5.41) is 1.06. The second kappa shape index (κ2) is 8.05. The van der Waals surface area contributed by atoms with Crippen LogP contribution in [0.15, 0.2) is 66.2 Å². The van der Waals surface area contributed by atoms with Gasteiger partial charge in [-0.25, -0.2) is 0 Å². The standard InChI is InChI=1S/C23H17N3O2SSeTe/c1-24-21(27)15(22(28)25(2)23(24)30)13-14-11-12-20(29-14)26-16-7-3-5-9-18(16)31-19-10-6-4-8-17(19)26/h3-13H,1-2H3. The molecule has 31 heavy (non-hydrogen) atoms. The summed E-state index contributed by atoms with van der Waals surface area (Å²) in [7, 11) is 3.33. The van der Waals surface area contributed by atoms with Gasteiger partial charge in [0.05, 0.1) is 0 Å². The van der Waals surface area contributed by atoms with E-state index in [-0.39, 0.29) is 17.4 Å². The van der Waals surface area contributed by atoms with Gasteiger partial charge >= 0.3 is 203 Å². The summed E-state index contributed by atoms with van der Waals surface area (Å²) >= 11 is 3.92. The number of carbonyl (C=O) groups excluding carboxylic acids is 2. The summed E-state index contributed by atoms with van der Waals surface area (Å²) in [6, 6.07) is 21.2. The molecule has 5 nitrogen and oxygen atoms in total. The molecule has 154 valence electrons. The van der Waals surface area contributed by atoms with Crippen molar-refractivity contribution in [3.63, 3.8) is 0 Å². The normalized spacial score (nSPS) is 15.9. The molecule has 0 radical (unpaired) electrons. The topological polar surface area (TPSA) is 43.9 Å². The fraction of sp³-hybridized carbons (Fsp3) is 0.0870. The first-order chi connectivity index (χ1) is 15.0. The van der Waals surface area contributed by atoms with Gasteiger partial charge in [-0.05, 0) is 0 Å². The zero-order chi connectivity index (χ0) is 21.7. The Kier molecular flexibility index (Phi) is 5.37. The van der Waals surface area contributed by atoms with Gasteiger partial charge < -0.3 is 0 Å². The number of amides is 2. The average Bonchev–Trinajstić information content (AvgIpc) is 3.25. The van der Waals surface area contributed by atoms with E-state index in [4.69, 9.17) is 0 Å². The number of anilines is 3. The number of nitrogens with zero attached hydrogens (tertiary/aromatic N) is 3. The molecule has 0 N–H and O–H groups in total. The molecule has 3 heterocycles. The van der Waals surface area contributed by atoms with E-state index in [0.29, 0.717) is 4.67 Å². The van der Waals surface area contributed by atoms with Crippen molar-refractivity contribution in [1.29, 1.82) is 0 Å². The van der Waals surface area contributed by atoms with Crippen LogP contribution in [0.1, 0.15) is 4.88 Å². The number of para-hydroxylation sites is 2. The van der Waals surface area contributed by atoms with Gasteiger partial charge in [0.2, 0.25) is 0 Å². The predicted octanol–water partition coefficient (Wildman–Crippen LogP) is 1.76. The van der Waals surface area contributed by atoms with Crippen LogP contribution in [0.2, 0.25) is 0 Å². The van der Waals surface area contributed by atoms with E-state index in [1.54, 1.807) is 31.5 Å². The van der Waals surface area contributed by atoms with Crippen molar-refractivity contribution in [2.45, 2.75) is 0 Å². The van der Waals surface area contributed by atoms with E-state index in [1.807, 2.05) is 6.07 Å². The van der Waals surface area contributed by atoms with Crippen LogP contribution < -0.4 is 12.1 Å². The molecule has 1 aromatic heterocycles. The molecule has 1 fully saturated rings. The summed E-state index contributed by atoms with van der Waals surface area (Å²) < 4.78 is 3.32. The molecule has 3 aromatic rings. The second-order valence-electron chi connectivity index (χ2n) is 7.12. The van der Waals surface area contributed by atoms with Crippen LogP contribution >= 0.6 is 11.3 Å². The molecule has 2 aromatic carbocycles. The van der Waals surface area contributed by atoms with Crippen LogP contribution in [0.5, 0.6) is 0 Å². The van der Waals surface area contributed by atoms with Crippen LogP contribution in [0.4, 0.5) is 16.4 Å². The van der Waals surface area contributed by atoms with Gasteiger partial charge in [0, 0.05) is 0 Å². The van der Waals surface area contributed by atoms with E-state index in [0.717, 1.165) is 9.88 Å². The van der Waals surface area contributed by atoms with Crippen molar-refractivity contribution >= 4 is 94.0 Å². The second-order valence-corrected chi connectivity index (χ2v) is 12.1. The maximum absolute atomic E-state index is 12.7. The summed E-state index contributed by atoms with van der Waals surface area (Å²) in [6.45, 7) is 0. The molecule has 0 unspecified atom stereocenters. The fourth-order valence-electron chi connectivity index (χ4n) is 3.60. The van der Waals surface area contributed by atoms with Crippen molar-refractivity contribution in [2.75, 3.05) is 19.0 Å². The Labute approximate surface area is 202 Å². The van der Waals surface area contributed by atoms with Gasteiger partial charge in [0.1, 0.15) is 0 Å². The molecule has 2 aliphatic heterocycles. The van der Waals surface area contributed by atoms with Gasteiger partial charge in [0.25, 0.3) is 0 Å². The van der Waals surface area contributed by atoms with E-state index < -0.39 is 20.9 Å². The van der Waals surface area contributed by atoms with Crippen molar-refractivity contribution in [3.05, 3.63) is 71.1 Å². The number of rotatable bonds is 2. The Morgan fingerprint density at radius 1 is 0.839 bits per heavy atom. The van der Waals surface area contributed by atoms with Gasteiger partial charge in [-0.2, -0.15) is 0 Å². The molecular formula is C23H17N3O2SSeTe. The van der Waals surface area contributed by atoms with Crippen LogP contribution in [0.25, 0.3) is 6.08 Å². The van der Waals surface area contributed by atoms with Gasteiger partial charge in [-0.15, -0.1) is 0 Å². The minimum atomic E-state index is -0.440. The first-order valence-electron chi connectivity index (χ1n) is 9.53. The molecule has 0 spiro atoms. The first kappa shape index (κ1) is 20.7.